The molecule has 2 heterocycles. The Labute approximate surface area is 284 Å². The third kappa shape index (κ3) is 7.12. The Morgan fingerprint density at radius 2 is 1.80 bits per heavy atom. The van der Waals surface area contributed by atoms with E-state index in [1.165, 1.54) is 0 Å². The van der Waals surface area contributed by atoms with Crippen molar-refractivity contribution in [2.45, 2.75) is 25.9 Å². The molecule has 10 heteroatoms. The van der Waals surface area contributed by atoms with Crippen molar-refractivity contribution in [2.75, 3.05) is 13.2 Å². The summed E-state index contributed by atoms with van der Waals surface area (Å²) >= 11 is 14.5. The van der Waals surface area contributed by atoms with E-state index in [0.717, 1.165) is 20.2 Å². The molecule has 1 atom stereocenters. The van der Waals surface area contributed by atoms with Crippen LogP contribution in [0.5, 0.6) is 5.75 Å². The number of aromatic amines is 1. The maximum Gasteiger partial charge on any atom is 0.252 e. The number of carbonyl (C=O) groups is 2. The number of fused-ring (bicyclic) bond motifs is 1. The average molecular weight is 749 g/mol. The summed E-state index contributed by atoms with van der Waals surface area (Å²) in [6.45, 7) is 3.64. The van der Waals surface area contributed by atoms with Crippen molar-refractivity contribution >= 4 is 68.5 Å². The molecule has 0 fully saturated rings. The first-order valence-electron chi connectivity index (χ1n) is 14.4. The molecule has 6 rings (SSSR count). The smallest absolute Gasteiger partial charge is 0.252 e. The number of ketones is 1. The number of hydrogen-bond acceptors (Lipinski definition) is 5. The van der Waals surface area contributed by atoms with E-state index < -0.39 is 0 Å². The van der Waals surface area contributed by atoms with E-state index >= 15 is 0 Å². The summed E-state index contributed by atoms with van der Waals surface area (Å²) in [5.74, 6) is 4.07. The van der Waals surface area contributed by atoms with E-state index in [1.807, 2.05) is 66.4 Å². The van der Waals surface area contributed by atoms with Gasteiger partial charge in [-0.1, -0.05) is 65.5 Å². The number of nitrogens with zero attached hydrogens (tertiary/aromatic N) is 2. The molecule has 45 heavy (non-hydrogen) atoms. The van der Waals surface area contributed by atoms with Gasteiger partial charge in [-0.2, -0.15) is 0 Å². The molecule has 0 bridgehead atoms. The second-order valence-corrected chi connectivity index (χ2v) is 12.6. The zero-order valence-electron chi connectivity index (χ0n) is 24.2. The first-order valence-corrected chi connectivity index (χ1v) is 16.2. The SMILES string of the molecule is CCOc1cc(C(=O)NC2C#CN(Cc3ccc(C(=O)c4cccc(I)c4)cc3)CC2)ccc1-c1nc2cc(Cl)c(Cl)cc2[nH]1. The van der Waals surface area contributed by atoms with Crippen molar-refractivity contribution < 1.29 is 14.3 Å². The van der Waals surface area contributed by atoms with Gasteiger partial charge in [-0.25, -0.2) is 4.98 Å². The third-order valence-electron chi connectivity index (χ3n) is 7.39. The van der Waals surface area contributed by atoms with E-state index in [1.54, 1.807) is 24.3 Å². The molecule has 0 spiro atoms. The van der Waals surface area contributed by atoms with Crippen molar-refractivity contribution in [3.63, 3.8) is 0 Å². The number of hydrogen-bond donors (Lipinski definition) is 2. The fourth-order valence-corrected chi connectivity index (χ4v) is 5.96. The monoisotopic (exact) mass is 748 g/mol. The number of rotatable bonds is 9. The normalized spacial score (nSPS) is 14.1. The Morgan fingerprint density at radius 3 is 2.53 bits per heavy atom. The van der Waals surface area contributed by atoms with Crippen molar-refractivity contribution in [1.82, 2.24) is 20.2 Å². The van der Waals surface area contributed by atoms with Crippen LogP contribution < -0.4 is 10.1 Å². The highest BCUT2D eigenvalue weighted by atomic mass is 127. The highest BCUT2D eigenvalue weighted by Crippen LogP contribution is 2.33. The van der Waals surface area contributed by atoms with E-state index in [0.29, 0.717) is 69.9 Å². The van der Waals surface area contributed by atoms with Gasteiger partial charge in [-0.15, -0.1) is 0 Å². The minimum Gasteiger partial charge on any atom is -0.493 e. The maximum absolute atomic E-state index is 13.2. The predicted octanol–water partition coefficient (Wildman–Crippen LogP) is 7.74. The molecule has 0 radical (unpaired) electrons. The van der Waals surface area contributed by atoms with Gasteiger partial charge in [0.2, 0.25) is 0 Å². The first-order chi connectivity index (χ1) is 21.8. The Balaban J connectivity index is 1.09. The minimum absolute atomic E-state index is 0.00434. The molecular formula is C35H27Cl2IN4O3. The van der Waals surface area contributed by atoms with Crippen LogP contribution in [0.4, 0.5) is 0 Å². The minimum atomic E-state index is -0.275. The number of nitrogens with one attached hydrogen (secondary N) is 2. The van der Waals surface area contributed by atoms with Crippen LogP contribution in [0.15, 0.2) is 78.9 Å². The van der Waals surface area contributed by atoms with E-state index in [4.69, 9.17) is 27.9 Å². The lowest BCUT2D eigenvalue weighted by molar-refractivity contribution is 0.0940. The number of H-pyrrole nitrogens is 1. The third-order valence-corrected chi connectivity index (χ3v) is 8.78. The lowest BCUT2D eigenvalue weighted by Crippen LogP contribution is -2.39. The number of halogens is 3. The zero-order chi connectivity index (χ0) is 31.5. The van der Waals surface area contributed by atoms with Crippen molar-refractivity contribution in [3.8, 4) is 29.1 Å². The predicted molar refractivity (Wildman–Crippen MR) is 186 cm³/mol. The van der Waals surface area contributed by atoms with Crippen LogP contribution in [0.2, 0.25) is 10.0 Å². The number of benzene rings is 4. The fraction of sp³-hybridized carbons (Fsp3) is 0.171. The van der Waals surface area contributed by atoms with Gasteiger partial charge in [-0.3, -0.25) is 9.59 Å². The second kappa shape index (κ2) is 13.5. The van der Waals surface area contributed by atoms with Gasteiger partial charge in [0, 0.05) is 32.8 Å². The molecule has 226 valence electrons. The van der Waals surface area contributed by atoms with Crippen LogP contribution in [-0.4, -0.2) is 45.8 Å². The number of amides is 1. The number of imidazole rings is 1. The topological polar surface area (TPSA) is 87.3 Å². The molecule has 4 aromatic carbocycles. The molecule has 0 aliphatic carbocycles. The molecule has 2 N–H and O–H groups in total. The van der Waals surface area contributed by atoms with Crippen LogP contribution in [0, 0.1) is 15.5 Å². The second-order valence-electron chi connectivity index (χ2n) is 10.5. The summed E-state index contributed by atoms with van der Waals surface area (Å²) in [6, 6.07) is 26.8. The van der Waals surface area contributed by atoms with Gasteiger partial charge in [0.25, 0.3) is 5.91 Å². The largest absolute Gasteiger partial charge is 0.493 e. The van der Waals surface area contributed by atoms with Crippen molar-refractivity contribution in [2.24, 2.45) is 0 Å². The molecule has 1 aromatic heterocycles. The first kappa shape index (κ1) is 31.0. The maximum atomic E-state index is 13.2. The van der Waals surface area contributed by atoms with Gasteiger partial charge in [0.1, 0.15) is 11.6 Å². The molecule has 5 aromatic rings. The molecule has 1 amide bonds. The Kier molecular flexibility index (Phi) is 9.31. The summed E-state index contributed by atoms with van der Waals surface area (Å²) in [7, 11) is 0. The Bertz CT molecular complexity index is 1940. The van der Waals surface area contributed by atoms with Crippen molar-refractivity contribution in [3.05, 3.63) is 115 Å². The number of ether oxygens (including phenoxy) is 1. The summed E-state index contributed by atoms with van der Waals surface area (Å²) in [5.41, 5.74) is 5.01. The van der Waals surface area contributed by atoms with Crippen LogP contribution >= 0.6 is 45.8 Å². The van der Waals surface area contributed by atoms with Gasteiger partial charge >= 0.3 is 0 Å². The van der Waals surface area contributed by atoms with Gasteiger partial charge in [0.05, 0.1) is 45.8 Å². The van der Waals surface area contributed by atoms with Crippen molar-refractivity contribution in [1.29, 1.82) is 0 Å². The quantitative estimate of drug-likeness (QED) is 0.0916. The van der Waals surface area contributed by atoms with Crippen LogP contribution in [0.1, 0.15) is 45.2 Å². The summed E-state index contributed by atoms with van der Waals surface area (Å²) < 4.78 is 6.91. The molecule has 7 nitrogen and oxygen atoms in total. The summed E-state index contributed by atoms with van der Waals surface area (Å²) in [5, 5.41) is 3.90. The average Bonchev–Trinajstić information content (AvgIpc) is 3.44. The molecule has 0 saturated carbocycles. The highest BCUT2D eigenvalue weighted by Gasteiger charge is 2.20. The lowest BCUT2D eigenvalue weighted by atomic mass is 10.0. The number of aromatic nitrogens is 2. The van der Waals surface area contributed by atoms with E-state index in [2.05, 4.69) is 49.8 Å². The van der Waals surface area contributed by atoms with Gasteiger partial charge in [-0.05, 0) is 84.0 Å². The summed E-state index contributed by atoms with van der Waals surface area (Å²) in [6.07, 6.45) is 0.683. The molecule has 1 unspecified atom stereocenters. The molecule has 1 aliphatic heterocycles. The Morgan fingerprint density at radius 1 is 1.02 bits per heavy atom. The molecular weight excluding hydrogens is 722 g/mol. The Hall–Kier alpha value is -4.04. The standard InChI is InChI=1S/C35H27Cl2IN4O3/c1-2-45-32-17-24(10-11-27(32)34-40-30-18-28(36)29(37)19-31(30)41-34)35(44)39-26-12-14-42(15-13-26)20-21-6-8-22(9-7-21)33(43)23-4-3-5-25(38)16-23/h3-11,16-19,26H,2,12,14,20H2,1H3,(H,39,44)(H,40,41). The van der Waals surface area contributed by atoms with Gasteiger partial charge in [0.15, 0.2) is 5.78 Å². The van der Waals surface area contributed by atoms with Crippen LogP contribution in [0.3, 0.4) is 0 Å². The fourth-order valence-electron chi connectivity index (χ4n) is 5.10. The van der Waals surface area contributed by atoms with E-state index in [-0.39, 0.29) is 17.7 Å². The molecule has 1 aliphatic rings. The zero-order valence-corrected chi connectivity index (χ0v) is 27.8. The van der Waals surface area contributed by atoms with Crippen LogP contribution in [0.25, 0.3) is 22.4 Å². The molecule has 0 saturated heterocycles. The lowest BCUT2D eigenvalue weighted by Gasteiger charge is -2.24. The highest BCUT2D eigenvalue weighted by molar-refractivity contribution is 14.1. The van der Waals surface area contributed by atoms with E-state index in [9.17, 15) is 9.59 Å². The summed E-state index contributed by atoms with van der Waals surface area (Å²) in [4.78, 5) is 35.9. The van der Waals surface area contributed by atoms with Crippen LogP contribution in [-0.2, 0) is 6.54 Å². The van der Waals surface area contributed by atoms with Gasteiger partial charge < -0.3 is 19.9 Å². The number of carbonyl (C=O) groups excluding carboxylic acids is 2.